The third-order valence-corrected chi connectivity index (χ3v) is 3.40. The summed E-state index contributed by atoms with van der Waals surface area (Å²) in [6, 6.07) is 9.39. The molecule has 90 valence electrons. The summed E-state index contributed by atoms with van der Waals surface area (Å²) in [6.07, 6.45) is -0.705. The fourth-order valence-electron chi connectivity index (χ4n) is 1.44. The minimum Gasteiger partial charge on any atom is -0.399 e. The Balaban J connectivity index is 2.17. The highest BCUT2D eigenvalue weighted by Crippen LogP contribution is 2.22. The van der Waals surface area contributed by atoms with Crippen LogP contribution in [0.25, 0.3) is 10.9 Å². The van der Waals surface area contributed by atoms with Gasteiger partial charge in [0.2, 0.25) is 0 Å². The molecule has 17 heavy (non-hydrogen) atoms. The first kappa shape index (κ1) is 12.2. The molecule has 1 unspecified atom stereocenters. The van der Waals surface area contributed by atoms with Crippen molar-refractivity contribution in [1.82, 2.24) is 4.98 Å². The van der Waals surface area contributed by atoms with Gasteiger partial charge in [-0.05, 0) is 24.3 Å². The summed E-state index contributed by atoms with van der Waals surface area (Å²) in [6.45, 7) is -0.225. The van der Waals surface area contributed by atoms with E-state index in [1.165, 1.54) is 11.8 Å². The maximum atomic E-state index is 9.25. The van der Waals surface area contributed by atoms with Gasteiger partial charge in [0.05, 0.1) is 23.3 Å². The summed E-state index contributed by atoms with van der Waals surface area (Å²) in [5, 5.41) is 19.8. The number of rotatable bonds is 4. The monoisotopic (exact) mass is 250 g/mol. The molecule has 2 rings (SSSR count). The Labute approximate surface area is 103 Å². The SMILES string of the molecule is Nc1ccc2nc(SCC(O)CO)ccc2c1. The van der Waals surface area contributed by atoms with E-state index < -0.39 is 6.10 Å². The molecule has 0 bridgehead atoms. The van der Waals surface area contributed by atoms with Crippen molar-refractivity contribution < 1.29 is 10.2 Å². The zero-order chi connectivity index (χ0) is 12.3. The highest BCUT2D eigenvalue weighted by Gasteiger charge is 2.04. The van der Waals surface area contributed by atoms with Crippen molar-refractivity contribution in [3.8, 4) is 0 Å². The molecule has 0 radical (unpaired) electrons. The summed E-state index contributed by atoms with van der Waals surface area (Å²) in [4.78, 5) is 4.44. The number of nitrogens with two attached hydrogens (primary N) is 1. The lowest BCUT2D eigenvalue weighted by Crippen LogP contribution is -2.14. The molecule has 0 aliphatic heterocycles. The van der Waals surface area contributed by atoms with Gasteiger partial charge in [0.25, 0.3) is 0 Å². The summed E-state index contributed by atoms with van der Waals surface area (Å²) in [5.74, 6) is 0.435. The van der Waals surface area contributed by atoms with Crippen molar-refractivity contribution in [2.75, 3.05) is 18.1 Å². The quantitative estimate of drug-likeness (QED) is 0.562. The van der Waals surface area contributed by atoms with Gasteiger partial charge in [-0.25, -0.2) is 4.98 Å². The van der Waals surface area contributed by atoms with Crippen LogP contribution in [-0.4, -0.2) is 33.7 Å². The molecule has 0 saturated carbocycles. The van der Waals surface area contributed by atoms with Crippen LogP contribution in [0.2, 0.25) is 0 Å². The van der Waals surface area contributed by atoms with E-state index in [1.807, 2.05) is 30.3 Å². The van der Waals surface area contributed by atoms with Crippen LogP contribution in [0.5, 0.6) is 0 Å². The van der Waals surface area contributed by atoms with E-state index in [0.29, 0.717) is 5.75 Å². The lowest BCUT2D eigenvalue weighted by Gasteiger charge is -2.06. The Bertz CT molecular complexity index is 519. The molecule has 1 aromatic carbocycles. The van der Waals surface area contributed by atoms with Gasteiger partial charge in [-0.15, -0.1) is 11.8 Å². The predicted octanol–water partition coefficient (Wildman–Crippen LogP) is 1.26. The van der Waals surface area contributed by atoms with Gasteiger partial charge in [-0.1, -0.05) is 6.07 Å². The highest BCUT2D eigenvalue weighted by atomic mass is 32.2. The summed E-state index contributed by atoms with van der Waals surface area (Å²) >= 11 is 1.42. The first-order chi connectivity index (χ1) is 8.19. The number of aromatic nitrogens is 1. The normalized spacial score (nSPS) is 12.8. The number of hydrogen-bond acceptors (Lipinski definition) is 5. The molecule has 2 aromatic rings. The number of nitrogens with zero attached hydrogens (tertiary/aromatic N) is 1. The van der Waals surface area contributed by atoms with Gasteiger partial charge < -0.3 is 15.9 Å². The molecule has 4 nitrogen and oxygen atoms in total. The van der Waals surface area contributed by atoms with E-state index >= 15 is 0 Å². The third-order valence-electron chi connectivity index (χ3n) is 2.32. The standard InChI is InChI=1S/C12H14N2O2S/c13-9-2-3-11-8(5-9)1-4-12(14-11)17-7-10(16)6-15/h1-5,10,15-16H,6-7,13H2. The fraction of sp³-hybridized carbons (Fsp3) is 0.250. The molecule has 0 aliphatic carbocycles. The fourth-order valence-corrected chi connectivity index (χ4v) is 2.24. The molecule has 1 heterocycles. The number of anilines is 1. The Morgan fingerprint density at radius 2 is 2.12 bits per heavy atom. The van der Waals surface area contributed by atoms with Crippen molar-refractivity contribution >= 4 is 28.4 Å². The van der Waals surface area contributed by atoms with E-state index in [-0.39, 0.29) is 6.61 Å². The molecular formula is C12H14N2O2S. The molecule has 0 fully saturated rings. The number of aliphatic hydroxyl groups excluding tert-OH is 2. The number of fused-ring (bicyclic) bond motifs is 1. The molecular weight excluding hydrogens is 236 g/mol. The van der Waals surface area contributed by atoms with Crippen LogP contribution in [-0.2, 0) is 0 Å². The van der Waals surface area contributed by atoms with Gasteiger partial charge in [-0.3, -0.25) is 0 Å². The summed E-state index contributed by atoms with van der Waals surface area (Å²) in [5.41, 5.74) is 7.28. The highest BCUT2D eigenvalue weighted by molar-refractivity contribution is 7.99. The van der Waals surface area contributed by atoms with Crippen molar-refractivity contribution in [3.05, 3.63) is 30.3 Å². The van der Waals surface area contributed by atoms with Crippen LogP contribution < -0.4 is 5.73 Å². The average molecular weight is 250 g/mol. The van der Waals surface area contributed by atoms with E-state index in [0.717, 1.165) is 21.6 Å². The number of nitrogen functional groups attached to an aromatic ring is 1. The number of aliphatic hydroxyl groups is 2. The van der Waals surface area contributed by atoms with E-state index in [4.69, 9.17) is 10.8 Å². The number of thioether (sulfide) groups is 1. The van der Waals surface area contributed by atoms with Crippen LogP contribution in [0.4, 0.5) is 5.69 Å². The molecule has 5 heteroatoms. The Morgan fingerprint density at radius 1 is 1.29 bits per heavy atom. The number of benzene rings is 1. The second kappa shape index (κ2) is 5.35. The molecule has 0 spiro atoms. The first-order valence-corrected chi connectivity index (χ1v) is 6.25. The Kier molecular flexibility index (Phi) is 3.83. The van der Waals surface area contributed by atoms with Gasteiger partial charge >= 0.3 is 0 Å². The van der Waals surface area contributed by atoms with Gasteiger partial charge in [0, 0.05) is 16.8 Å². The topological polar surface area (TPSA) is 79.4 Å². The van der Waals surface area contributed by atoms with E-state index in [1.54, 1.807) is 0 Å². The second-order valence-corrected chi connectivity index (χ2v) is 4.79. The Hall–Kier alpha value is -1.30. The van der Waals surface area contributed by atoms with Gasteiger partial charge in [0.1, 0.15) is 0 Å². The van der Waals surface area contributed by atoms with E-state index in [9.17, 15) is 5.11 Å². The lowest BCUT2D eigenvalue weighted by atomic mass is 10.2. The number of hydrogen-bond donors (Lipinski definition) is 3. The minimum atomic E-state index is -0.705. The molecule has 1 atom stereocenters. The summed E-state index contributed by atoms with van der Waals surface area (Å²) < 4.78 is 0. The van der Waals surface area contributed by atoms with E-state index in [2.05, 4.69) is 4.98 Å². The number of pyridine rings is 1. The van der Waals surface area contributed by atoms with Gasteiger partial charge in [0.15, 0.2) is 0 Å². The molecule has 0 amide bonds. The minimum absolute atomic E-state index is 0.225. The van der Waals surface area contributed by atoms with Crippen LogP contribution in [0, 0.1) is 0 Å². The second-order valence-electron chi connectivity index (χ2n) is 3.75. The first-order valence-electron chi connectivity index (χ1n) is 5.27. The third kappa shape index (κ3) is 3.09. The largest absolute Gasteiger partial charge is 0.399 e. The van der Waals surface area contributed by atoms with Crippen LogP contribution in [0.15, 0.2) is 35.4 Å². The van der Waals surface area contributed by atoms with Crippen LogP contribution in [0.1, 0.15) is 0 Å². The Morgan fingerprint density at radius 3 is 2.88 bits per heavy atom. The van der Waals surface area contributed by atoms with Gasteiger partial charge in [-0.2, -0.15) is 0 Å². The molecule has 0 aliphatic rings. The van der Waals surface area contributed by atoms with Crippen molar-refractivity contribution in [3.63, 3.8) is 0 Å². The van der Waals surface area contributed by atoms with Crippen molar-refractivity contribution in [1.29, 1.82) is 0 Å². The lowest BCUT2D eigenvalue weighted by molar-refractivity contribution is 0.113. The molecule has 1 aromatic heterocycles. The summed E-state index contributed by atoms with van der Waals surface area (Å²) in [7, 11) is 0. The predicted molar refractivity (Wildman–Crippen MR) is 70.0 cm³/mol. The van der Waals surface area contributed by atoms with Crippen molar-refractivity contribution in [2.45, 2.75) is 11.1 Å². The molecule has 0 saturated heterocycles. The zero-order valence-electron chi connectivity index (χ0n) is 9.21. The zero-order valence-corrected chi connectivity index (χ0v) is 10.0. The average Bonchev–Trinajstić information content (AvgIpc) is 2.35. The van der Waals surface area contributed by atoms with Crippen LogP contribution >= 0.6 is 11.8 Å². The maximum absolute atomic E-state index is 9.25. The smallest absolute Gasteiger partial charge is 0.0968 e. The molecule has 4 N–H and O–H groups in total. The maximum Gasteiger partial charge on any atom is 0.0968 e. The van der Waals surface area contributed by atoms with Crippen LogP contribution in [0.3, 0.4) is 0 Å². The van der Waals surface area contributed by atoms with Crippen molar-refractivity contribution in [2.24, 2.45) is 0 Å².